The molecular weight excluding hydrogens is 562 g/mol. The molecule has 1 aliphatic heterocycles. The molecule has 3 rings (SSSR count). The highest BCUT2D eigenvalue weighted by Crippen LogP contribution is 2.30. The van der Waals surface area contributed by atoms with Crippen molar-refractivity contribution >= 4 is 74.7 Å². The Hall–Kier alpha value is -1.95. The highest BCUT2D eigenvalue weighted by atomic mass is 127. The molecule has 0 saturated carbocycles. The van der Waals surface area contributed by atoms with E-state index in [1.807, 2.05) is 51.2 Å². The number of hydrogen-bond acceptors (Lipinski definition) is 4. The number of hydrogen-bond donors (Lipinski definition) is 1. The maximum absolute atomic E-state index is 12.6. The predicted molar refractivity (Wildman–Crippen MR) is 113 cm³/mol. The average molecular weight is 574 g/mol. The summed E-state index contributed by atoms with van der Waals surface area (Å²) in [4.78, 5) is 36.0. The number of nitrogens with zero attached hydrogens (tertiary/aromatic N) is 1. The molecule has 1 saturated heterocycles. The van der Waals surface area contributed by atoms with Crippen molar-refractivity contribution in [2.45, 2.75) is 6.92 Å². The first-order valence-electron chi connectivity index (χ1n) is 7.46. The van der Waals surface area contributed by atoms with E-state index in [0.29, 0.717) is 24.1 Å². The van der Waals surface area contributed by atoms with Crippen LogP contribution >= 0.6 is 45.2 Å². The van der Waals surface area contributed by atoms with Gasteiger partial charge in [0.25, 0.3) is 11.8 Å². The maximum atomic E-state index is 12.6. The average Bonchev–Trinajstić information content (AvgIpc) is 2.87. The molecule has 2 amide bonds. The van der Waals surface area contributed by atoms with Crippen molar-refractivity contribution in [2.24, 2.45) is 0 Å². The second kappa shape index (κ2) is 7.74. The van der Waals surface area contributed by atoms with Crippen LogP contribution < -0.4 is 15.2 Å². The van der Waals surface area contributed by atoms with Crippen molar-refractivity contribution in [3.05, 3.63) is 60.7 Å². The number of ether oxygens (including phenoxy) is 1. The zero-order chi connectivity index (χ0) is 18.8. The van der Waals surface area contributed by atoms with Crippen molar-refractivity contribution in [1.82, 2.24) is 5.43 Å². The minimum absolute atomic E-state index is 0.0423. The first kappa shape index (κ1) is 18.8. The zero-order valence-electron chi connectivity index (χ0n) is 13.5. The van der Waals surface area contributed by atoms with E-state index < -0.39 is 17.8 Å². The number of benzene rings is 2. The van der Waals surface area contributed by atoms with Crippen molar-refractivity contribution in [1.29, 1.82) is 0 Å². The fourth-order valence-corrected chi connectivity index (χ4v) is 4.42. The smallest absolute Gasteiger partial charge is 0.308 e. The van der Waals surface area contributed by atoms with Gasteiger partial charge in [0.2, 0.25) is 0 Å². The van der Waals surface area contributed by atoms with E-state index in [1.165, 1.54) is 18.0 Å². The second-order valence-corrected chi connectivity index (χ2v) is 7.71. The lowest BCUT2D eigenvalue weighted by Crippen LogP contribution is -2.35. The summed E-state index contributed by atoms with van der Waals surface area (Å²) >= 11 is 4.10. The van der Waals surface area contributed by atoms with Crippen molar-refractivity contribution in [3.63, 3.8) is 0 Å². The molecule has 0 radical (unpaired) electrons. The van der Waals surface area contributed by atoms with Gasteiger partial charge in [0.15, 0.2) is 5.75 Å². The predicted octanol–water partition coefficient (Wildman–Crippen LogP) is 3.28. The molecule has 0 bridgehead atoms. The molecule has 132 valence electrons. The Labute approximate surface area is 176 Å². The summed E-state index contributed by atoms with van der Waals surface area (Å²) < 4.78 is 6.61. The van der Waals surface area contributed by atoms with Gasteiger partial charge in [-0.25, -0.2) is 5.01 Å². The quantitative estimate of drug-likeness (QED) is 0.201. The van der Waals surface area contributed by atoms with Crippen LogP contribution in [0.2, 0.25) is 0 Å². The van der Waals surface area contributed by atoms with E-state index in [1.54, 1.807) is 36.4 Å². The Morgan fingerprint density at radius 1 is 1.12 bits per heavy atom. The first-order valence-corrected chi connectivity index (χ1v) is 9.62. The van der Waals surface area contributed by atoms with Crippen LogP contribution in [0, 0.1) is 7.14 Å². The molecule has 1 heterocycles. The lowest BCUT2D eigenvalue weighted by atomic mass is 10.1. The summed E-state index contributed by atoms with van der Waals surface area (Å²) in [6, 6.07) is 12.4. The fourth-order valence-electron chi connectivity index (χ4n) is 2.39. The number of anilines is 1. The number of halogens is 2. The van der Waals surface area contributed by atoms with Gasteiger partial charge in [-0.2, -0.15) is 0 Å². The summed E-state index contributed by atoms with van der Waals surface area (Å²) in [7, 11) is 0. The van der Waals surface area contributed by atoms with Crippen molar-refractivity contribution in [2.75, 3.05) is 5.01 Å². The first-order chi connectivity index (χ1) is 12.4. The van der Waals surface area contributed by atoms with Crippen molar-refractivity contribution < 1.29 is 19.1 Å². The number of carbonyl (C=O) groups is 3. The number of carbonyl (C=O) groups excluding carboxylic acids is 3. The summed E-state index contributed by atoms with van der Waals surface area (Å²) in [5.74, 6) is -0.826. The van der Waals surface area contributed by atoms with Crippen LogP contribution in [-0.4, -0.2) is 17.8 Å². The van der Waals surface area contributed by atoms with E-state index in [9.17, 15) is 14.4 Å². The van der Waals surface area contributed by atoms with Crippen LogP contribution in [0.25, 0.3) is 6.08 Å². The number of esters is 1. The number of nitrogens with one attached hydrogen (secondary N) is 1. The van der Waals surface area contributed by atoms with Gasteiger partial charge in [-0.15, -0.1) is 0 Å². The number of hydrazine groups is 1. The van der Waals surface area contributed by atoms with Gasteiger partial charge in [0.1, 0.15) is 5.57 Å². The Bertz CT molecular complexity index is 918. The molecule has 0 spiro atoms. The fraction of sp³-hybridized carbons (Fsp3) is 0.0556. The molecule has 6 nitrogen and oxygen atoms in total. The van der Waals surface area contributed by atoms with Gasteiger partial charge in [0.05, 0.1) is 12.8 Å². The standard InChI is InChI=1S/C18H12I2N2O4/c1-10(23)26-16-14(19)8-11(9-15(16)20)7-13-17(24)21-22(18(13)25)12-5-3-2-4-6-12/h2-9H,1H3,(H,21,24)/b13-7-. The Kier molecular flexibility index (Phi) is 5.61. The SMILES string of the molecule is CC(=O)Oc1c(I)cc(/C=C2/C(=O)NN(c3ccccc3)C2=O)cc1I. The van der Waals surface area contributed by atoms with Crippen LogP contribution in [-0.2, 0) is 14.4 Å². The monoisotopic (exact) mass is 574 g/mol. The Balaban J connectivity index is 1.94. The molecule has 1 aliphatic rings. The topological polar surface area (TPSA) is 75.7 Å². The number of rotatable bonds is 3. The van der Waals surface area contributed by atoms with E-state index in [0.717, 1.165) is 0 Å². The third kappa shape index (κ3) is 3.90. The molecule has 0 unspecified atom stereocenters. The largest absolute Gasteiger partial charge is 0.424 e. The normalized spacial score (nSPS) is 15.3. The van der Waals surface area contributed by atoms with Crippen LogP contribution in [0.15, 0.2) is 48.0 Å². The summed E-state index contributed by atoms with van der Waals surface area (Å²) in [5, 5.41) is 1.22. The van der Waals surface area contributed by atoms with E-state index in [4.69, 9.17) is 4.74 Å². The summed E-state index contributed by atoms with van der Waals surface area (Å²) in [5.41, 5.74) is 3.86. The van der Waals surface area contributed by atoms with Crippen molar-refractivity contribution in [3.8, 4) is 5.75 Å². The van der Waals surface area contributed by atoms with Gasteiger partial charge >= 0.3 is 5.97 Å². The molecule has 0 aliphatic carbocycles. The molecular formula is C18H12I2N2O4. The lowest BCUT2D eigenvalue weighted by Gasteiger charge is -2.13. The Morgan fingerprint density at radius 3 is 2.31 bits per heavy atom. The lowest BCUT2D eigenvalue weighted by molar-refractivity contribution is -0.132. The maximum Gasteiger partial charge on any atom is 0.308 e. The van der Waals surface area contributed by atoms with Gasteiger partial charge in [0, 0.05) is 6.92 Å². The summed E-state index contributed by atoms with van der Waals surface area (Å²) in [6.07, 6.45) is 1.53. The minimum Gasteiger partial charge on any atom is -0.424 e. The highest BCUT2D eigenvalue weighted by molar-refractivity contribution is 14.1. The number of amides is 2. The molecule has 0 atom stereocenters. The molecule has 2 aromatic carbocycles. The summed E-state index contributed by atoms with van der Waals surface area (Å²) in [6.45, 7) is 1.34. The molecule has 8 heteroatoms. The van der Waals surface area contributed by atoms with Gasteiger partial charge in [-0.3, -0.25) is 19.8 Å². The highest BCUT2D eigenvalue weighted by Gasteiger charge is 2.34. The number of para-hydroxylation sites is 1. The van der Waals surface area contributed by atoms with Gasteiger partial charge in [-0.1, -0.05) is 18.2 Å². The van der Waals surface area contributed by atoms with Crippen LogP contribution in [0.3, 0.4) is 0 Å². The molecule has 0 aromatic heterocycles. The molecule has 26 heavy (non-hydrogen) atoms. The molecule has 2 aromatic rings. The van der Waals surface area contributed by atoms with E-state index in [2.05, 4.69) is 5.43 Å². The molecule has 1 fully saturated rings. The van der Waals surface area contributed by atoms with Crippen LogP contribution in [0.1, 0.15) is 12.5 Å². The third-order valence-electron chi connectivity index (χ3n) is 3.48. The third-order valence-corrected chi connectivity index (χ3v) is 5.09. The second-order valence-electron chi connectivity index (χ2n) is 5.38. The zero-order valence-corrected chi connectivity index (χ0v) is 17.8. The van der Waals surface area contributed by atoms with E-state index in [-0.39, 0.29) is 5.57 Å². The van der Waals surface area contributed by atoms with Crippen LogP contribution in [0.5, 0.6) is 5.75 Å². The van der Waals surface area contributed by atoms with E-state index >= 15 is 0 Å². The Morgan fingerprint density at radius 2 is 1.73 bits per heavy atom. The van der Waals surface area contributed by atoms with Crippen LogP contribution in [0.4, 0.5) is 5.69 Å². The molecule has 1 N–H and O–H groups in total. The van der Waals surface area contributed by atoms with Gasteiger partial charge in [-0.05, 0) is 81.1 Å². The minimum atomic E-state index is -0.465. The van der Waals surface area contributed by atoms with Gasteiger partial charge < -0.3 is 4.74 Å².